The summed E-state index contributed by atoms with van der Waals surface area (Å²) in [6.45, 7) is 3.45. The van der Waals surface area contributed by atoms with Gasteiger partial charge in [-0.25, -0.2) is 13.8 Å². The van der Waals surface area contributed by atoms with Crippen LogP contribution >= 0.6 is 11.3 Å². The number of hydrogen-bond acceptors (Lipinski definition) is 4. The maximum atomic E-state index is 12.4. The lowest BCUT2D eigenvalue weighted by molar-refractivity contribution is -0.116. The standard InChI is InChI=1S/C11H15F2N3OS/c1-8-7-18-10(16-8)15-6-5-14-9(17)3-4-11(2,12)13/h3-4,7H,5-6H2,1-2H3,(H,14,17)(H,15,16). The second-order valence-electron chi connectivity index (χ2n) is 3.80. The van der Waals surface area contributed by atoms with Crippen LogP contribution in [0.1, 0.15) is 12.6 Å². The number of anilines is 1. The van der Waals surface area contributed by atoms with Crippen LogP contribution in [0, 0.1) is 6.92 Å². The molecule has 0 fully saturated rings. The van der Waals surface area contributed by atoms with Crippen LogP contribution in [0.5, 0.6) is 0 Å². The van der Waals surface area contributed by atoms with Crippen LogP contribution in [0.25, 0.3) is 0 Å². The number of nitrogens with zero attached hydrogens (tertiary/aromatic N) is 1. The molecule has 1 heterocycles. The molecule has 4 nitrogen and oxygen atoms in total. The zero-order valence-corrected chi connectivity index (χ0v) is 11.0. The average molecular weight is 275 g/mol. The Bertz CT molecular complexity index is 426. The third-order valence-corrected chi connectivity index (χ3v) is 2.76. The molecule has 0 radical (unpaired) electrons. The quantitative estimate of drug-likeness (QED) is 0.618. The van der Waals surface area contributed by atoms with E-state index in [9.17, 15) is 13.6 Å². The van der Waals surface area contributed by atoms with Crippen molar-refractivity contribution in [1.82, 2.24) is 10.3 Å². The number of thiazole rings is 1. The highest BCUT2D eigenvalue weighted by Crippen LogP contribution is 2.13. The van der Waals surface area contributed by atoms with E-state index in [-0.39, 0.29) is 0 Å². The molecule has 0 saturated carbocycles. The SMILES string of the molecule is Cc1csc(NCCNC(=O)C=CC(C)(F)F)n1. The van der Waals surface area contributed by atoms with Gasteiger partial charge in [-0.2, -0.15) is 0 Å². The van der Waals surface area contributed by atoms with Crippen molar-refractivity contribution in [2.45, 2.75) is 19.8 Å². The number of allylic oxidation sites excluding steroid dienone is 1. The molecule has 0 aliphatic heterocycles. The summed E-state index contributed by atoms with van der Waals surface area (Å²) in [6, 6.07) is 0. The molecule has 0 spiro atoms. The van der Waals surface area contributed by atoms with Gasteiger partial charge in [-0.3, -0.25) is 4.79 Å². The monoisotopic (exact) mass is 275 g/mol. The van der Waals surface area contributed by atoms with Gasteiger partial charge in [0.05, 0.1) is 5.69 Å². The summed E-state index contributed by atoms with van der Waals surface area (Å²) in [5.74, 6) is -3.50. The third kappa shape index (κ3) is 6.29. The van der Waals surface area contributed by atoms with Crippen LogP contribution in [-0.2, 0) is 4.79 Å². The Balaban J connectivity index is 2.18. The molecule has 1 rings (SSSR count). The van der Waals surface area contributed by atoms with Crippen LogP contribution in [-0.4, -0.2) is 29.9 Å². The first-order valence-electron chi connectivity index (χ1n) is 5.38. The number of carbonyl (C=O) groups is 1. The lowest BCUT2D eigenvalue weighted by Crippen LogP contribution is -2.27. The summed E-state index contributed by atoms with van der Waals surface area (Å²) in [7, 11) is 0. The van der Waals surface area contributed by atoms with Crippen molar-refractivity contribution in [3.05, 3.63) is 23.2 Å². The number of aromatic nitrogens is 1. The van der Waals surface area contributed by atoms with Crippen molar-refractivity contribution in [2.24, 2.45) is 0 Å². The third-order valence-electron chi connectivity index (χ3n) is 1.85. The topological polar surface area (TPSA) is 54.0 Å². The first-order valence-corrected chi connectivity index (χ1v) is 6.26. The molecule has 1 aromatic heterocycles. The highest BCUT2D eigenvalue weighted by Gasteiger charge is 2.15. The molecule has 0 aromatic carbocycles. The van der Waals surface area contributed by atoms with Gasteiger partial charge in [0.2, 0.25) is 5.91 Å². The highest BCUT2D eigenvalue weighted by molar-refractivity contribution is 7.13. The summed E-state index contributed by atoms with van der Waals surface area (Å²) in [5, 5.41) is 8.19. The molecule has 0 atom stereocenters. The van der Waals surface area contributed by atoms with E-state index < -0.39 is 11.8 Å². The van der Waals surface area contributed by atoms with Crippen LogP contribution in [0.2, 0.25) is 0 Å². The lowest BCUT2D eigenvalue weighted by atomic mass is 10.3. The molecule has 2 N–H and O–H groups in total. The zero-order chi connectivity index (χ0) is 13.6. The van der Waals surface area contributed by atoms with E-state index in [2.05, 4.69) is 15.6 Å². The zero-order valence-electron chi connectivity index (χ0n) is 10.2. The Hall–Kier alpha value is -1.50. The minimum atomic E-state index is -2.96. The molecule has 0 saturated heterocycles. The number of halogens is 2. The fourth-order valence-electron chi connectivity index (χ4n) is 1.07. The number of amides is 1. The maximum Gasteiger partial charge on any atom is 0.264 e. The Morgan fingerprint density at radius 2 is 2.28 bits per heavy atom. The summed E-state index contributed by atoms with van der Waals surface area (Å²) in [5.41, 5.74) is 0.930. The number of nitrogens with one attached hydrogen (secondary N) is 2. The van der Waals surface area contributed by atoms with Gasteiger partial charge >= 0.3 is 0 Å². The molecule has 18 heavy (non-hydrogen) atoms. The second-order valence-corrected chi connectivity index (χ2v) is 4.66. The summed E-state index contributed by atoms with van der Waals surface area (Å²) >= 11 is 1.47. The predicted octanol–water partition coefficient (Wildman–Crippen LogP) is 2.19. The van der Waals surface area contributed by atoms with Crippen molar-refractivity contribution in [2.75, 3.05) is 18.4 Å². The average Bonchev–Trinajstić information content (AvgIpc) is 2.67. The second kappa shape index (κ2) is 6.44. The van der Waals surface area contributed by atoms with E-state index in [4.69, 9.17) is 0 Å². The molecular weight excluding hydrogens is 260 g/mol. The lowest BCUT2D eigenvalue weighted by Gasteiger charge is -2.04. The van der Waals surface area contributed by atoms with Gasteiger partial charge in [0, 0.05) is 31.5 Å². The van der Waals surface area contributed by atoms with Crippen LogP contribution in [0.15, 0.2) is 17.5 Å². The molecule has 1 aromatic rings. The van der Waals surface area contributed by atoms with Gasteiger partial charge in [-0.15, -0.1) is 11.3 Å². The molecule has 0 unspecified atom stereocenters. The summed E-state index contributed by atoms with van der Waals surface area (Å²) in [4.78, 5) is 15.3. The maximum absolute atomic E-state index is 12.4. The van der Waals surface area contributed by atoms with Gasteiger partial charge in [0.25, 0.3) is 5.92 Å². The molecule has 0 aliphatic rings. The number of rotatable bonds is 6. The largest absolute Gasteiger partial charge is 0.360 e. The number of hydrogen-bond donors (Lipinski definition) is 2. The van der Waals surface area contributed by atoms with Gasteiger partial charge < -0.3 is 10.6 Å². The first kappa shape index (κ1) is 14.6. The van der Waals surface area contributed by atoms with E-state index in [0.717, 1.165) is 23.8 Å². The Morgan fingerprint density at radius 1 is 1.56 bits per heavy atom. The number of aryl methyl sites for hydroxylation is 1. The van der Waals surface area contributed by atoms with Crippen molar-refractivity contribution in [3.63, 3.8) is 0 Å². The van der Waals surface area contributed by atoms with Gasteiger partial charge in [0.1, 0.15) is 0 Å². The van der Waals surface area contributed by atoms with E-state index in [1.165, 1.54) is 11.3 Å². The van der Waals surface area contributed by atoms with Gasteiger partial charge in [-0.1, -0.05) is 0 Å². The first-order chi connectivity index (χ1) is 8.37. The van der Waals surface area contributed by atoms with Crippen LogP contribution in [0.4, 0.5) is 13.9 Å². The highest BCUT2D eigenvalue weighted by atomic mass is 32.1. The Kier molecular flexibility index (Phi) is 5.21. The van der Waals surface area contributed by atoms with Crippen molar-refractivity contribution < 1.29 is 13.6 Å². The number of carbonyl (C=O) groups excluding carboxylic acids is 1. The smallest absolute Gasteiger partial charge is 0.264 e. The van der Waals surface area contributed by atoms with E-state index in [0.29, 0.717) is 19.2 Å². The molecule has 100 valence electrons. The van der Waals surface area contributed by atoms with Crippen molar-refractivity contribution in [1.29, 1.82) is 0 Å². The molecule has 0 aliphatic carbocycles. The van der Waals surface area contributed by atoms with E-state index >= 15 is 0 Å². The van der Waals surface area contributed by atoms with E-state index in [1.807, 2.05) is 12.3 Å². The summed E-state index contributed by atoms with van der Waals surface area (Å²) < 4.78 is 24.8. The summed E-state index contributed by atoms with van der Waals surface area (Å²) in [6.07, 6.45) is 1.41. The van der Waals surface area contributed by atoms with Gasteiger partial charge in [-0.05, 0) is 13.0 Å². The van der Waals surface area contributed by atoms with Gasteiger partial charge in [0.15, 0.2) is 5.13 Å². The van der Waals surface area contributed by atoms with E-state index in [1.54, 1.807) is 0 Å². The minimum Gasteiger partial charge on any atom is -0.360 e. The van der Waals surface area contributed by atoms with Crippen molar-refractivity contribution in [3.8, 4) is 0 Å². The Labute approximate surface area is 108 Å². The Morgan fingerprint density at radius 3 is 2.83 bits per heavy atom. The fourth-order valence-corrected chi connectivity index (χ4v) is 1.79. The molecular formula is C11H15F2N3OS. The molecule has 1 amide bonds. The van der Waals surface area contributed by atoms with Crippen molar-refractivity contribution >= 4 is 22.4 Å². The normalized spacial score (nSPS) is 11.8. The van der Waals surface area contributed by atoms with Crippen LogP contribution < -0.4 is 10.6 Å². The van der Waals surface area contributed by atoms with Crippen LogP contribution in [0.3, 0.4) is 0 Å². The predicted molar refractivity (Wildman–Crippen MR) is 68.1 cm³/mol. The molecule has 0 bridgehead atoms. The minimum absolute atomic E-state index is 0.344. The molecule has 7 heteroatoms. The fraction of sp³-hybridized carbons (Fsp3) is 0.455. The number of alkyl halides is 2.